The van der Waals surface area contributed by atoms with E-state index in [-0.39, 0.29) is 42.8 Å². The summed E-state index contributed by atoms with van der Waals surface area (Å²) in [5.41, 5.74) is -0.959. The van der Waals surface area contributed by atoms with Gasteiger partial charge in [-0.15, -0.1) is 0 Å². The van der Waals surface area contributed by atoms with Crippen molar-refractivity contribution in [2.45, 2.75) is 19.0 Å². The number of alkyl halides is 1. The second-order valence-corrected chi connectivity index (χ2v) is 6.05. The first-order valence-corrected chi connectivity index (χ1v) is 7.86. The second kappa shape index (κ2) is 5.80. The number of rotatable bonds is 3. The summed E-state index contributed by atoms with van der Waals surface area (Å²) >= 11 is 0. The average molecular weight is 342 g/mol. The second-order valence-electron chi connectivity index (χ2n) is 6.05. The molecule has 4 rings (SSSR count). The van der Waals surface area contributed by atoms with Crippen LogP contribution in [0, 0.1) is 6.92 Å². The Hall–Kier alpha value is -3.03. The molecule has 0 aliphatic carbocycles. The monoisotopic (exact) mass is 342 g/mol. The maximum Gasteiger partial charge on any atom is 0.276 e. The van der Waals surface area contributed by atoms with E-state index in [1.807, 2.05) is 18.2 Å². The van der Waals surface area contributed by atoms with E-state index in [2.05, 4.69) is 15.3 Å². The van der Waals surface area contributed by atoms with Gasteiger partial charge in [0.25, 0.3) is 11.8 Å². The molecule has 1 atom stereocenters. The average Bonchev–Trinajstić information content (AvgIpc) is 3.35. The number of likely N-dealkylation sites (tertiary alicyclic amines) is 1. The summed E-state index contributed by atoms with van der Waals surface area (Å²) in [7, 11) is 0. The highest BCUT2D eigenvalue weighted by Crippen LogP contribution is 2.35. The molecule has 8 heteroatoms. The number of aryl methyl sites for hydroxylation is 1. The first kappa shape index (κ1) is 15.5. The van der Waals surface area contributed by atoms with Crippen LogP contribution in [0.4, 0.5) is 4.39 Å². The van der Waals surface area contributed by atoms with E-state index in [0.717, 1.165) is 0 Å². The van der Waals surface area contributed by atoms with Gasteiger partial charge >= 0.3 is 0 Å². The van der Waals surface area contributed by atoms with Crippen molar-refractivity contribution in [2.75, 3.05) is 13.1 Å². The summed E-state index contributed by atoms with van der Waals surface area (Å²) in [5, 5.41) is 7.47. The predicted octanol–water partition coefficient (Wildman–Crippen LogP) is 2.74. The van der Waals surface area contributed by atoms with Crippen molar-refractivity contribution < 1.29 is 18.2 Å². The van der Waals surface area contributed by atoms with Crippen LogP contribution in [-0.2, 0) is 5.67 Å². The normalized spacial score (nSPS) is 20.2. The highest BCUT2D eigenvalue weighted by atomic mass is 19.1. The van der Waals surface area contributed by atoms with Gasteiger partial charge in [0.05, 0.1) is 6.54 Å². The number of hydrogen-bond acceptors (Lipinski definition) is 6. The Morgan fingerprint density at radius 1 is 1.24 bits per heavy atom. The summed E-state index contributed by atoms with van der Waals surface area (Å²) < 4.78 is 25.4. The molecule has 0 spiro atoms. The van der Waals surface area contributed by atoms with Crippen LogP contribution in [-0.4, -0.2) is 39.2 Å². The lowest BCUT2D eigenvalue weighted by molar-refractivity contribution is 0.0733. The van der Waals surface area contributed by atoms with E-state index in [4.69, 9.17) is 9.05 Å². The van der Waals surface area contributed by atoms with E-state index in [1.165, 1.54) is 11.0 Å². The van der Waals surface area contributed by atoms with Crippen LogP contribution in [0.15, 0.2) is 45.4 Å². The molecule has 1 aromatic carbocycles. The lowest BCUT2D eigenvalue weighted by Gasteiger charge is -2.17. The third kappa shape index (κ3) is 2.79. The zero-order valence-corrected chi connectivity index (χ0v) is 13.5. The van der Waals surface area contributed by atoms with Gasteiger partial charge in [-0.3, -0.25) is 4.79 Å². The number of aromatic nitrogens is 3. The topological polar surface area (TPSA) is 85.3 Å². The number of amides is 1. The number of hydrogen-bond donors (Lipinski definition) is 0. The molecule has 1 aliphatic heterocycles. The Morgan fingerprint density at radius 3 is 2.76 bits per heavy atom. The molecule has 3 aromatic rings. The highest BCUT2D eigenvalue weighted by molar-refractivity contribution is 5.92. The Labute approximate surface area is 142 Å². The summed E-state index contributed by atoms with van der Waals surface area (Å²) in [5.74, 6) is 0.366. The van der Waals surface area contributed by atoms with Crippen molar-refractivity contribution in [1.29, 1.82) is 0 Å². The SMILES string of the molecule is Cc1cc(C(=O)N2CCC(F)(c3noc(-c4ccccc4)n3)C2)no1. The van der Waals surface area contributed by atoms with Gasteiger partial charge in [-0.1, -0.05) is 28.5 Å². The fourth-order valence-electron chi connectivity index (χ4n) is 2.86. The third-order valence-corrected chi connectivity index (χ3v) is 4.20. The van der Waals surface area contributed by atoms with Crippen molar-refractivity contribution in [2.24, 2.45) is 0 Å². The summed E-state index contributed by atoms with van der Waals surface area (Å²) in [6.07, 6.45) is 0.101. The molecule has 1 fully saturated rings. The van der Waals surface area contributed by atoms with Gasteiger partial charge in [0.1, 0.15) is 5.76 Å². The molecule has 0 bridgehead atoms. The predicted molar refractivity (Wildman–Crippen MR) is 84.3 cm³/mol. The Kier molecular flexibility index (Phi) is 3.60. The molecule has 0 radical (unpaired) electrons. The molecule has 3 heterocycles. The van der Waals surface area contributed by atoms with E-state index in [9.17, 15) is 4.79 Å². The summed E-state index contributed by atoms with van der Waals surface area (Å²) in [6.45, 7) is 1.79. The minimum atomic E-state index is -1.84. The van der Waals surface area contributed by atoms with Crippen molar-refractivity contribution in [1.82, 2.24) is 20.2 Å². The minimum absolute atomic E-state index is 0.0435. The van der Waals surface area contributed by atoms with Crippen LogP contribution in [0.2, 0.25) is 0 Å². The Morgan fingerprint density at radius 2 is 2.04 bits per heavy atom. The van der Waals surface area contributed by atoms with E-state index >= 15 is 4.39 Å². The first-order chi connectivity index (χ1) is 12.0. The zero-order valence-electron chi connectivity index (χ0n) is 13.5. The highest BCUT2D eigenvalue weighted by Gasteiger charge is 2.46. The molecule has 1 unspecified atom stereocenters. The molecule has 1 saturated heterocycles. The number of carbonyl (C=O) groups is 1. The van der Waals surface area contributed by atoms with Crippen LogP contribution < -0.4 is 0 Å². The van der Waals surface area contributed by atoms with Gasteiger partial charge < -0.3 is 13.9 Å². The van der Waals surface area contributed by atoms with Crippen molar-refractivity contribution in [3.8, 4) is 11.5 Å². The van der Waals surface area contributed by atoms with Crippen molar-refractivity contribution >= 4 is 5.91 Å². The van der Waals surface area contributed by atoms with Gasteiger partial charge in [-0.25, -0.2) is 4.39 Å². The maximum atomic E-state index is 15.3. The standard InChI is InChI=1S/C17H15FN4O3/c1-11-9-13(20-24-11)15(23)22-8-7-17(18,10-22)16-19-14(25-21-16)12-5-3-2-4-6-12/h2-6,9H,7-8,10H2,1H3. The summed E-state index contributed by atoms with van der Waals surface area (Å²) in [4.78, 5) is 17.9. The molecule has 7 nitrogen and oxygen atoms in total. The first-order valence-electron chi connectivity index (χ1n) is 7.86. The molecule has 128 valence electrons. The Balaban J connectivity index is 1.54. The van der Waals surface area contributed by atoms with Gasteiger partial charge in [0, 0.05) is 24.6 Å². The number of carbonyl (C=O) groups excluding carboxylic acids is 1. The molecular weight excluding hydrogens is 327 g/mol. The molecule has 0 saturated carbocycles. The quantitative estimate of drug-likeness (QED) is 0.727. The maximum absolute atomic E-state index is 15.3. The van der Waals surface area contributed by atoms with Crippen LogP contribution in [0.1, 0.15) is 28.5 Å². The van der Waals surface area contributed by atoms with E-state index in [1.54, 1.807) is 19.1 Å². The lowest BCUT2D eigenvalue weighted by Crippen LogP contribution is -2.33. The van der Waals surface area contributed by atoms with Gasteiger partial charge in [0.15, 0.2) is 11.4 Å². The molecule has 0 N–H and O–H groups in total. The van der Waals surface area contributed by atoms with Crippen LogP contribution >= 0.6 is 0 Å². The lowest BCUT2D eigenvalue weighted by atomic mass is 10.1. The van der Waals surface area contributed by atoms with Crippen LogP contribution in [0.3, 0.4) is 0 Å². The smallest absolute Gasteiger partial charge is 0.276 e. The number of nitrogens with zero attached hydrogens (tertiary/aromatic N) is 4. The van der Waals surface area contributed by atoms with E-state index < -0.39 is 5.67 Å². The van der Waals surface area contributed by atoms with Crippen molar-refractivity contribution in [3.63, 3.8) is 0 Å². The summed E-state index contributed by atoms with van der Waals surface area (Å²) in [6, 6.07) is 10.7. The van der Waals surface area contributed by atoms with Gasteiger partial charge in [0.2, 0.25) is 5.82 Å². The zero-order chi connectivity index (χ0) is 17.4. The molecule has 1 amide bonds. The Bertz CT molecular complexity index is 908. The molecule has 25 heavy (non-hydrogen) atoms. The van der Waals surface area contributed by atoms with E-state index in [0.29, 0.717) is 11.3 Å². The number of benzene rings is 1. The molecule has 2 aromatic heterocycles. The largest absolute Gasteiger partial charge is 0.361 e. The minimum Gasteiger partial charge on any atom is -0.361 e. The van der Waals surface area contributed by atoms with Gasteiger partial charge in [-0.05, 0) is 19.1 Å². The van der Waals surface area contributed by atoms with Crippen LogP contribution in [0.25, 0.3) is 11.5 Å². The van der Waals surface area contributed by atoms with Crippen molar-refractivity contribution in [3.05, 3.63) is 53.7 Å². The fraction of sp³-hybridized carbons (Fsp3) is 0.294. The van der Waals surface area contributed by atoms with Gasteiger partial charge in [-0.2, -0.15) is 4.98 Å². The fourth-order valence-corrected chi connectivity index (χ4v) is 2.86. The number of halogens is 1. The molecule has 1 aliphatic rings. The third-order valence-electron chi connectivity index (χ3n) is 4.20. The van der Waals surface area contributed by atoms with Crippen LogP contribution in [0.5, 0.6) is 0 Å². The molecular formula is C17H15FN4O3.